The van der Waals surface area contributed by atoms with Gasteiger partial charge in [0.1, 0.15) is 5.82 Å². The number of anilines is 1. The number of fused-ring (bicyclic) bond motifs is 1. The third-order valence-electron chi connectivity index (χ3n) is 2.47. The first-order valence-corrected chi connectivity index (χ1v) is 6.36. The minimum atomic E-state index is -0.375. The highest BCUT2D eigenvalue weighted by molar-refractivity contribution is 6.22. The van der Waals surface area contributed by atoms with E-state index >= 15 is 0 Å². The molecule has 1 heterocycles. The quantitative estimate of drug-likeness (QED) is 0.866. The fourth-order valence-corrected chi connectivity index (χ4v) is 1.85. The second-order valence-corrected chi connectivity index (χ2v) is 4.73. The summed E-state index contributed by atoms with van der Waals surface area (Å²) in [6.45, 7) is 1.95. The first-order chi connectivity index (χ1) is 8.17. The number of aromatic nitrogens is 2. The summed E-state index contributed by atoms with van der Waals surface area (Å²) in [5.41, 5.74) is 1.35. The molecule has 0 saturated carbocycles. The minimum absolute atomic E-state index is 0.375. The second kappa shape index (κ2) is 5.07. The Morgan fingerprint density at radius 1 is 1.18 bits per heavy atom. The zero-order chi connectivity index (χ0) is 12.3. The molecule has 2 aromatic rings. The minimum Gasteiger partial charge on any atom is -0.361 e. The predicted molar refractivity (Wildman–Crippen MR) is 73.0 cm³/mol. The van der Waals surface area contributed by atoms with Crippen molar-refractivity contribution in [3.63, 3.8) is 0 Å². The Balaban J connectivity index is 2.31. The third-order valence-corrected chi connectivity index (χ3v) is 3.65. The fourth-order valence-electron chi connectivity index (χ4n) is 1.43. The Morgan fingerprint density at radius 3 is 2.47 bits per heavy atom. The van der Waals surface area contributed by atoms with E-state index < -0.39 is 0 Å². The maximum absolute atomic E-state index is 5.88. The molecule has 90 valence electrons. The van der Waals surface area contributed by atoms with Gasteiger partial charge in [-0.2, -0.15) is 0 Å². The van der Waals surface area contributed by atoms with Crippen LogP contribution in [0.4, 0.5) is 5.82 Å². The molecule has 0 saturated heterocycles. The highest BCUT2D eigenvalue weighted by Crippen LogP contribution is 2.18. The highest BCUT2D eigenvalue weighted by Gasteiger charge is 2.22. The fraction of sp³-hybridized carbons (Fsp3) is 0.333. The van der Waals surface area contributed by atoms with Crippen molar-refractivity contribution in [3.05, 3.63) is 30.5 Å². The molecule has 5 heteroatoms. The summed E-state index contributed by atoms with van der Waals surface area (Å²) in [5.74, 6) is 1.50. The van der Waals surface area contributed by atoms with E-state index in [1.807, 2.05) is 31.2 Å². The monoisotopic (exact) mass is 269 g/mol. The van der Waals surface area contributed by atoms with Crippen molar-refractivity contribution >= 4 is 40.1 Å². The van der Waals surface area contributed by atoms with Crippen molar-refractivity contribution in [2.75, 3.05) is 17.1 Å². The van der Waals surface area contributed by atoms with Crippen LogP contribution in [0, 0.1) is 0 Å². The number of halogens is 2. The number of hydrogen-bond acceptors (Lipinski definition) is 3. The van der Waals surface area contributed by atoms with Gasteiger partial charge in [0.2, 0.25) is 0 Å². The van der Waals surface area contributed by atoms with Crippen molar-refractivity contribution < 1.29 is 0 Å². The van der Waals surface area contributed by atoms with E-state index in [2.05, 4.69) is 15.3 Å². The van der Waals surface area contributed by atoms with E-state index in [9.17, 15) is 0 Å². The standard InChI is InChI=1S/C12H13Cl2N3/c1-12(7-13,8-14)17-11-6-15-9-4-2-3-5-10(9)16-11/h2-6H,7-8H2,1H3,(H,16,17). The Kier molecular flexibility index (Phi) is 3.69. The lowest BCUT2D eigenvalue weighted by atomic mass is 10.1. The average molecular weight is 270 g/mol. The van der Waals surface area contributed by atoms with Crippen LogP contribution in [-0.2, 0) is 0 Å². The molecule has 0 aliphatic heterocycles. The van der Waals surface area contributed by atoms with Gasteiger partial charge >= 0.3 is 0 Å². The van der Waals surface area contributed by atoms with Gasteiger partial charge in [-0.25, -0.2) is 4.98 Å². The molecule has 0 fully saturated rings. The van der Waals surface area contributed by atoms with Gasteiger partial charge in [0.05, 0.1) is 22.8 Å². The third kappa shape index (κ3) is 2.79. The van der Waals surface area contributed by atoms with Crippen molar-refractivity contribution in [1.29, 1.82) is 0 Å². The molecule has 0 atom stereocenters. The maximum Gasteiger partial charge on any atom is 0.145 e. The molecule has 0 unspecified atom stereocenters. The average Bonchev–Trinajstić information content (AvgIpc) is 2.38. The van der Waals surface area contributed by atoms with Crippen molar-refractivity contribution in [1.82, 2.24) is 9.97 Å². The molecule has 1 aromatic carbocycles. The van der Waals surface area contributed by atoms with E-state index in [-0.39, 0.29) is 5.54 Å². The van der Waals surface area contributed by atoms with Gasteiger partial charge in [0.25, 0.3) is 0 Å². The molecule has 1 N–H and O–H groups in total. The van der Waals surface area contributed by atoms with E-state index in [0.717, 1.165) is 11.0 Å². The largest absolute Gasteiger partial charge is 0.361 e. The molecule has 0 amide bonds. The van der Waals surface area contributed by atoms with Crippen molar-refractivity contribution in [3.8, 4) is 0 Å². The van der Waals surface area contributed by atoms with Gasteiger partial charge in [-0.05, 0) is 19.1 Å². The summed E-state index contributed by atoms with van der Waals surface area (Å²) in [6.07, 6.45) is 1.69. The van der Waals surface area contributed by atoms with E-state index in [4.69, 9.17) is 23.2 Å². The first-order valence-electron chi connectivity index (χ1n) is 5.29. The Hall–Kier alpha value is -1.06. The number of nitrogens with one attached hydrogen (secondary N) is 1. The molecule has 2 rings (SSSR count). The molecule has 0 aliphatic carbocycles. The van der Waals surface area contributed by atoms with E-state index in [0.29, 0.717) is 17.6 Å². The summed E-state index contributed by atoms with van der Waals surface area (Å²) in [6, 6.07) is 7.72. The van der Waals surface area contributed by atoms with Gasteiger partial charge in [-0.15, -0.1) is 23.2 Å². The smallest absolute Gasteiger partial charge is 0.145 e. The van der Waals surface area contributed by atoms with Crippen LogP contribution in [0.2, 0.25) is 0 Å². The van der Waals surface area contributed by atoms with Crippen LogP contribution in [0.15, 0.2) is 30.5 Å². The lowest BCUT2D eigenvalue weighted by Gasteiger charge is -2.26. The van der Waals surface area contributed by atoms with Crippen LogP contribution in [0.5, 0.6) is 0 Å². The van der Waals surface area contributed by atoms with Crippen LogP contribution in [0.25, 0.3) is 11.0 Å². The Bertz CT molecular complexity index is 512. The normalized spacial score (nSPS) is 11.7. The Labute approximate surface area is 110 Å². The number of alkyl halides is 2. The SMILES string of the molecule is CC(CCl)(CCl)Nc1cnc2ccccc2n1. The Morgan fingerprint density at radius 2 is 1.82 bits per heavy atom. The molecular weight excluding hydrogens is 257 g/mol. The zero-order valence-corrected chi connectivity index (χ0v) is 11.0. The van der Waals surface area contributed by atoms with E-state index in [1.165, 1.54) is 0 Å². The molecular formula is C12H13Cl2N3. The second-order valence-electron chi connectivity index (χ2n) is 4.20. The summed E-state index contributed by atoms with van der Waals surface area (Å²) in [4.78, 5) is 8.79. The summed E-state index contributed by atoms with van der Waals surface area (Å²) in [5, 5.41) is 3.21. The lowest BCUT2D eigenvalue weighted by Crippen LogP contribution is -2.39. The highest BCUT2D eigenvalue weighted by atomic mass is 35.5. The molecule has 0 bridgehead atoms. The van der Waals surface area contributed by atoms with Gasteiger partial charge in [0, 0.05) is 11.8 Å². The molecule has 0 spiro atoms. The van der Waals surface area contributed by atoms with Crippen molar-refractivity contribution in [2.45, 2.75) is 12.5 Å². The maximum atomic E-state index is 5.88. The number of para-hydroxylation sites is 2. The van der Waals surface area contributed by atoms with Gasteiger partial charge in [-0.1, -0.05) is 12.1 Å². The number of benzene rings is 1. The lowest BCUT2D eigenvalue weighted by molar-refractivity contribution is 0.645. The molecule has 0 aliphatic rings. The summed E-state index contributed by atoms with van der Waals surface area (Å²) >= 11 is 11.8. The number of nitrogens with zero attached hydrogens (tertiary/aromatic N) is 2. The van der Waals surface area contributed by atoms with Crippen LogP contribution < -0.4 is 5.32 Å². The number of hydrogen-bond donors (Lipinski definition) is 1. The van der Waals surface area contributed by atoms with Gasteiger partial charge in [-0.3, -0.25) is 4.98 Å². The summed E-state index contributed by atoms with van der Waals surface area (Å²) in [7, 11) is 0. The van der Waals surface area contributed by atoms with E-state index in [1.54, 1.807) is 6.20 Å². The topological polar surface area (TPSA) is 37.8 Å². The number of rotatable bonds is 4. The predicted octanol–water partition coefficient (Wildman–Crippen LogP) is 3.28. The van der Waals surface area contributed by atoms with Crippen LogP contribution in [-0.4, -0.2) is 27.3 Å². The van der Waals surface area contributed by atoms with Crippen LogP contribution in [0.3, 0.4) is 0 Å². The van der Waals surface area contributed by atoms with Crippen molar-refractivity contribution in [2.24, 2.45) is 0 Å². The zero-order valence-electron chi connectivity index (χ0n) is 9.45. The first kappa shape index (κ1) is 12.4. The molecule has 0 radical (unpaired) electrons. The molecule has 17 heavy (non-hydrogen) atoms. The van der Waals surface area contributed by atoms with Gasteiger partial charge < -0.3 is 5.32 Å². The van der Waals surface area contributed by atoms with Gasteiger partial charge in [0.15, 0.2) is 0 Å². The van der Waals surface area contributed by atoms with Crippen LogP contribution in [0.1, 0.15) is 6.92 Å². The molecule has 3 nitrogen and oxygen atoms in total. The van der Waals surface area contributed by atoms with Crippen LogP contribution >= 0.6 is 23.2 Å². The summed E-state index contributed by atoms with van der Waals surface area (Å²) < 4.78 is 0. The molecule has 1 aromatic heterocycles.